The number of nitrogens with one attached hydrogen (secondary N) is 1. The quantitative estimate of drug-likeness (QED) is 0.252. The highest BCUT2D eigenvalue weighted by molar-refractivity contribution is 5.75. The molecule has 0 aliphatic carbocycles. The molecule has 34 heavy (non-hydrogen) atoms. The number of carbonyl (C=O) groups excluding carboxylic acids is 3. The highest BCUT2D eigenvalue weighted by Gasteiger charge is 2.44. The van der Waals surface area contributed by atoms with Crippen LogP contribution in [-0.2, 0) is 33.3 Å². The largest absolute Gasteiger partial charge is 0.463 e. The van der Waals surface area contributed by atoms with Crippen LogP contribution in [0.25, 0.3) is 0 Å². The number of carbonyl (C=O) groups is 3. The summed E-state index contributed by atoms with van der Waals surface area (Å²) in [6.45, 7) is 10.0. The molecule has 0 aromatic heterocycles. The molecule has 0 aromatic carbocycles. The van der Waals surface area contributed by atoms with Crippen LogP contribution in [0.15, 0.2) is 0 Å². The van der Waals surface area contributed by atoms with E-state index in [0.29, 0.717) is 38.3 Å². The second-order valence-electron chi connectivity index (χ2n) is 9.27. The minimum atomic E-state index is -0.597. The third-order valence-corrected chi connectivity index (χ3v) is 6.48. The van der Waals surface area contributed by atoms with Crippen LogP contribution < -0.4 is 5.32 Å². The third-order valence-electron chi connectivity index (χ3n) is 6.48. The molecule has 1 saturated heterocycles. The van der Waals surface area contributed by atoms with Crippen LogP contribution in [-0.4, -0.2) is 67.8 Å². The fourth-order valence-electron chi connectivity index (χ4n) is 4.04. The van der Waals surface area contributed by atoms with E-state index in [9.17, 15) is 19.5 Å². The zero-order chi connectivity index (χ0) is 25.5. The van der Waals surface area contributed by atoms with Gasteiger partial charge in [0, 0.05) is 51.9 Å². The Kier molecular flexibility index (Phi) is 15.0. The van der Waals surface area contributed by atoms with Gasteiger partial charge in [0.15, 0.2) is 6.29 Å². The van der Waals surface area contributed by atoms with E-state index in [1.165, 1.54) is 13.8 Å². The number of ether oxygens (including phenoxy) is 4. The molecule has 1 aliphatic heterocycles. The van der Waals surface area contributed by atoms with Gasteiger partial charge in [-0.2, -0.15) is 0 Å². The Morgan fingerprint density at radius 3 is 2.38 bits per heavy atom. The first-order valence-electron chi connectivity index (χ1n) is 12.6. The van der Waals surface area contributed by atoms with Crippen molar-refractivity contribution < 1.29 is 38.4 Å². The molecule has 198 valence electrons. The SMILES string of the molecule is CCC(CO)CCCCNC(=O)CCCCOC1OC(COC(C)=O)C(OC(C)=O)C(C)C1C. The van der Waals surface area contributed by atoms with Crippen LogP contribution in [0.2, 0.25) is 0 Å². The summed E-state index contributed by atoms with van der Waals surface area (Å²) in [4.78, 5) is 34.8. The Labute approximate surface area is 204 Å². The maximum absolute atomic E-state index is 12.0. The molecule has 0 bridgehead atoms. The number of hydrogen-bond acceptors (Lipinski definition) is 8. The average molecular weight is 488 g/mol. The second-order valence-corrected chi connectivity index (χ2v) is 9.27. The van der Waals surface area contributed by atoms with Gasteiger partial charge in [-0.3, -0.25) is 14.4 Å². The molecule has 1 rings (SSSR count). The fraction of sp³-hybridized carbons (Fsp3) is 0.880. The van der Waals surface area contributed by atoms with Gasteiger partial charge in [-0.25, -0.2) is 0 Å². The summed E-state index contributed by atoms with van der Waals surface area (Å²) >= 11 is 0. The number of aliphatic hydroxyl groups excluding tert-OH is 1. The zero-order valence-corrected chi connectivity index (χ0v) is 21.5. The number of hydrogen-bond donors (Lipinski definition) is 2. The molecule has 0 radical (unpaired) electrons. The lowest BCUT2D eigenvalue weighted by molar-refractivity contribution is -0.273. The van der Waals surface area contributed by atoms with E-state index in [1.807, 2.05) is 13.8 Å². The van der Waals surface area contributed by atoms with Crippen LogP contribution in [0, 0.1) is 17.8 Å². The molecule has 6 atom stereocenters. The van der Waals surface area contributed by atoms with E-state index in [4.69, 9.17) is 18.9 Å². The number of rotatable bonds is 16. The molecule has 6 unspecified atom stereocenters. The van der Waals surface area contributed by atoms with Gasteiger partial charge >= 0.3 is 11.9 Å². The second kappa shape index (κ2) is 16.8. The minimum absolute atomic E-state index is 0.0104. The molecule has 0 saturated carbocycles. The molecular formula is C25H45NO8. The summed E-state index contributed by atoms with van der Waals surface area (Å²) in [6, 6.07) is 0. The fourth-order valence-corrected chi connectivity index (χ4v) is 4.04. The maximum Gasteiger partial charge on any atom is 0.303 e. The van der Waals surface area contributed by atoms with Crippen LogP contribution >= 0.6 is 0 Å². The van der Waals surface area contributed by atoms with Crippen molar-refractivity contribution in [1.82, 2.24) is 5.32 Å². The first kappa shape index (κ1) is 30.3. The van der Waals surface area contributed by atoms with Gasteiger partial charge in [0.25, 0.3) is 0 Å². The van der Waals surface area contributed by atoms with E-state index in [2.05, 4.69) is 12.2 Å². The summed E-state index contributed by atoms with van der Waals surface area (Å²) in [5, 5.41) is 12.1. The average Bonchev–Trinajstić information content (AvgIpc) is 2.79. The predicted octanol–water partition coefficient (Wildman–Crippen LogP) is 2.97. The van der Waals surface area contributed by atoms with Crippen LogP contribution in [0.4, 0.5) is 0 Å². The molecule has 1 fully saturated rings. The molecule has 1 aliphatic rings. The van der Waals surface area contributed by atoms with Crippen molar-refractivity contribution >= 4 is 17.8 Å². The van der Waals surface area contributed by atoms with Crippen molar-refractivity contribution in [2.45, 2.75) is 98.1 Å². The standard InChI is InChI=1S/C25H45NO8/c1-6-21(15-27)11-7-9-13-26-23(30)12-8-10-14-31-25-18(3)17(2)24(33-20(5)29)22(34-25)16-32-19(4)28/h17-18,21-22,24-25,27H,6-16H2,1-5H3,(H,26,30). The lowest BCUT2D eigenvalue weighted by atomic mass is 9.84. The van der Waals surface area contributed by atoms with E-state index in [0.717, 1.165) is 25.7 Å². The number of unbranched alkanes of at least 4 members (excludes halogenated alkanes) is 2. The van der Waals surface area contributed by atoms with Crippen molar-refractivity contribution in [3.63, 3.8) is 0 Å². The highest BCUT2D eigenvalue weighted by atomic mass is 16.7. The van der Waals surface area contributed by atoms with Gasteiger partial charge in [-0.05, 0) is 31.6 Å². The van der Waals surface area contributed by atoms with E-state index in [-0.39, 0.29) is 31.0 Å². The van der Waals surface area contributed by atoms with Crippen molar-refractivity contribution in [2.75, 3.05) is 26.4 Å². The van der Waals surface area contributed by atoms with Crippen LogP contribution in [0.5, 0.6) is 0 Å². The van der Waals surface area contributed by atoms with Crippen LogP contribution in [0.3, 0.4) is 0 Å². The maximum atomic E-state index is 12.0. The first-order valence-corrected chi connectivity index (χ1v) is 12.6. The minimum Gasteiger partial charge on any atom is -0.463 e. The van der Waals surface area contributed by atoms with Gasteiger partial charge in [-0.1, -0.05) is 33.6 Å². The van der Waals surface area contributed by atoms with Crippen LogP contribution in [0.1, 0.15) is 79.6 Å². The summed E-state index contributed by atoms with van der Waals surface area (Å²) in [5.41, 5.74) is 0. The molecular weight excluding hydrogens is 442 g/mol. The number of amides is 1. The molecule has 1 amide bonds. The van der Waals surface area contributed by atoms with Gasteiger partial charge in [0.05, 0.1) is 0 Å². The lowest BCUT2D eigenvalue weighted by Crippen LogP contribution is -2.53. The Bertz CT molecular complexity index is 610. The monoisotopic (exact) mass is 487 g/mol. The van der Waals surface area contributed by atoms with Gasteiger partial charge in [0.2, 0.25) is 5.91 Å². The molecule has 1 heterocycles. The first-order chi connectivity index (χ1) is 16.2. The smallest absolute Gasteiger partial charge is 0.303 e. The molecule has 2 N–H and O–H groups in total. The predicted molar refractivity (Wildman–Crippen MR) is 127 cm³/mol. The Morgan fingerprint density at radius 1 is 1.03 bits per heavy atom. The number of aliphatic hydroxyl groups is 1. The third kappa shape index (κ3) is 11.6. The van der Waals surface area contributed by atoms with E-state index < -0.39 is 30.4 Å². The molecule has 9 heteroatoms. The number of esters is 2. The van der Waals surface area contributed by atoms with Gasteiger partial charge < -0.3 is 29.4 Å². The van der Waals surface area contributed by atoms with Crippen molar-refractivity contribution in [1.29, 1.82) is 0 Å². The molecule has 0 aromatic rings. The zero-order valence-electron chi connectivity index (χ0n) is 21.5. The molecule has 0 spiro atoms. The summed E-state index contributed by atoms with van der Waals surface area (Å²) in [7, 11) is 0. The molecule has 9 nitrogen and oxygen atoms in total. The van der Waals surface area contributed by atoms with Crippen molar-refractivity contribution in [3.05, 3.63) is 0 Å². The lowest BCUT2D eigenvalue weighted by Gasteiger charge is -2.43. The Hall–Kier alpha value is -1.71. The highest BCUT2D eigenvalue weighted by Crippen LogP contribution is 2.33. The normalized spacial score (nSPS) is 25.4. The van der Waals surface area contributed by atoms with Crippen molar-refractivity contribution in [3.8, 4) is 0 Å². The Balaban J connectivity index is 2.31. The van der Waals surface area contributed by atoms with E-state index >= 15 is 0 Å². The van der Waals surface area contributed by atoms with Gasteiger partial charge in [-0.15, -0.1) is 0 Å². The van der Waals surface area contributed by atoms with Crippen molar-refractivity contribution in [2.24, 2.45) is 17.8 Å². The summed E-state index contributed by atoms with van der Waals surface area (Å²) < 4.78 is 22.5. The summed E-state index contributed by atoms with van der Waals surface area (Å²) in [5.74, 6) is -0.510. The summed E-state index contributed by atoms with van der Waals surface area (Å²) in [6.07, 6.45) is 4.12. The van der Waals surface area contributed by atoms with E-state index in [1.54, 1.807) is 0 Å². The van der Waals surface area contributed by atoms with Gasteiger partial charge in [0.1, 0.15) is 18.8 Å². The topological polar surface area (TPSA) is 120 Å². The Morgan fingerprint density at radius 2 is 1.76 bits per heavy atom.